The lowest BCUT2D eigenvalue weighted by molar-refractivity contribution is -0.000909. The highest BCUT2D eigenvalue weighted by atomic mass is 32.2. The Labute approximate surface area is 181 Å². The number of aromatic nitrogens is 1. The van der Waals surface area contributed by atoms with Crippen LogP contribution in [0.3, 0.4) is 0 Å². The molecule has 0 spiro atoms. The molecule has 2 rings (SSSR count). The van der Waals surface area contributed by atoms with E-state index in [1.807, 2.05) is 0 Å². The van der Waals surface area contributed by atoms with Crippen LogP contribution >= 0.6 is 0 Å². The molecule has 0 radical (unpaired) electrons. The Hall–Kier alpha value is -1.26. The summed E-state index contributed by atoms with van der Waals surface area (Å²) in [5, 5.41) is 12.4. The predicted octanol–water partition coefficient (Wildman–Crippen LogP) is 2.07. The number of nitrogens with one attached hydrogen (secondary N) is 2. The summed E-state index contributed by atoms with van der Waals surface area (Å²) in [6.07, 6.45) is 6.58. The number of nitrogens with zero attached hydrogens (tertiary/aromatic N) is 2. The minimum atomic E-state index is -3.53. The van der Waals surface area contributed by atoms with Crippen LogP contribution < -0.4 is 10.0 Å². The van der Waals surface area contributed by atoms with Crippen LogP contribution in [-0.2, 0) is 14.8 Å². The van der Waals surface area contributed by atoms with E-state index >= 15 is 0 Å². The third kappa shape index (κ3) is 8.11. The zero-order chi connectivity index (χ0) is 22.0. The third-order valence-electron chi connectivity index (χ3n) is 5.79. The van der Waals surface area contributed by atoms with Gasteiger partial charge in [0.05, 0.1) is 12.7 Å². The van der Waals surface area contributed by atoms with Gasteiger partial charge in [0.2, 0.25) is 10.0 Å². The van der Waals surface area contributed by atoms with Crippen LogP contribution in [0, 0.1) is 5.92 Å². The zero-order valence-electron chi connectivity index (χ0n) is 18.5. The Bertz CT molecular complexity index is 708. The molecule has 1 atom stereocenters. The average Bonchev–Trinajstić information content (AvgIpc) is 2.69. The molecule has 172 valence electrons. The summed E-state index contributed by atoms with van der Waals surface area (Å²) in [4.78, 5) is 6.68. The summed E-state index contributed by atoms with van der Waals surface area (Å²) in [6.45, 7) is 7.39. The molecule has 0 aliphatic heterocycles. The first-order valence-electron chi connectivity index (χ1n) is 11.0. The standard InChI is InChI=1S/C21H38N4O4S/c1-4-25(12-13-26)11-5-6-17(2)24-21-8-7-20(16-22-21)30(27,28)23-10-9-18-14-19(15-18)29-3/h7-8,16-19,23,26H,4-6,9-15H2,1-3H3,(H,22,24). The molecule has 3 N–H and O–H groups in total. The molecule has 1 saturated carbocycles. The lowest BCUT2D eigenvalue weighted by atomic mass is 9.80. The van der Waals surface area contributed by atoms with Crippen molar-refractivity contribution in [2.24, 2.45) is 5.92 Å². The highest BCUT2D eigenvalue weighted by Gasteiger charge is 2.28. The lowest BCUT2D eigenvalue weighted by Gasteiger charge is -2.34. The van der Waals surface area contributed by atoms with Crippen molar-refractivity contribution in [3.05, 3.63) is 18.3 Å². The molecule has 1 aliphatic carbocycles. The Morgan fingerprint density at radius 2 is 2.10 bits per heavy atom. The lowest BCUT2D eigenvalue weighted by Crippen LogP contribution is -2.34. The van der Waals surface area contributed by atoms with E-state index in [9.17, 15) is 8.42 Å². The van der Waals surface area contributed by atoms with Gasteiger partial charge in [0.15, 0.2) is 0 Å². The number of aliphatic hydroxyl groups excluding tert-OH is 1. The van der Waals surface area contributed by atoms with E-state index in [0.717, 1.165) is 45.2 Å². The second-order valence-corrected chi connectivity index (χ2v) is 9.87. The Morgan fingerprint density at radius 3 is 2.70 bits per heavy atom. The van der Waals surface area contributed by atoms with Crippen molar-refractivity contribution in [3.8, 4) is 0 Å². The molecule has 0 saturated heterocycles. The molecule has 0 amide bonds. The minimum absolute atomic E-state index is 0.185. The van der Waals surface area contributed by atoms with Crippen LogP contribution in [0.1, 0.15) is 46.0 Å². The van der Waals surface area contributed by atoms with Gasteiger partial charge in [0, 0.05) is 32.4 Å². The summed E-state index contributed by atoms with van der Waals surface area (Å²) in [7, 11) is -1.82. The fraction of sp³-hybridized carbons (Fsp3) is 0.762. The average molecular weight is 443 g/mol. The van der Waals surface area contributed by atoms with Crippen molar-refractivity contribution in [2.75, 3.05) is 45.2 Å². The van der Waals surface area contributed by atoms with Gasteiger partial charge < -0.3 is 20.1 Å². The highest BCUT2D eigenvalue weighted by Crippen LogP contribution is 2.31. The fourth-order valence-electron chi connectivity index (χ4n) is 3.72. The molecule has 0 aromatic carbocycles. The minimum Gasteiger partial charge on any atom is -0.395 e. The third-order valence-corrected chi connectivity index (χ3v) is 7.23. The van der Waals surface area contributed by atoms with Gasteiger partial charge in [0.1, 0.15) is 10.7 Å². The van der Waals surface area contributed by atoms with Gasteiger partial charge in [-0.15, -0.1) is 0 Å². The van der Waals surface area contributed by atoms with Crippen molar-refractivity contribution in [1.82, 2.24) is 14.6 Å². The SMILES string of the molecule is CCN(CCO)CCCC(C)Nc1ccc(S(=O)(=O)NCCC2CC(OC)C2)cn1. The number of aliphatic hydroxyl groups is 1. The van der Waals surface area contributed by atoms with Gasteiger partial charge in [-0.3, -0.25) is 0 Å². The summed E-state index contributed by atoms with van der Waals surface area (Å²) in [5.74, 6) is 1.21. The molecule has 1 aromatic rings. The molecule has 1 fully saturated rings. The fourth-order valence-corrected chi connectivity index (χ4v) is 4.72. The predicted molar refractivity (Wildman–Crippen MR) is 119 cm³/mol. The number of methoxy groups -OCH3 is 1. The van der Waals surface area contributed by atoms with Crippen molar-refractivity contribution in [1.29, 1.82) is 0 Å². The maximum absolute atomic E-state index is 12.4. The highest BCUT2D eigenvalue weighted by molar-refractivity contribution is 7.89. The van der Waals surface area contributed by atoms with Gasteiger partial charge in [-0.2, -0.15) is 0 Å². The number of rotatable bonds is 15. The van der Waals surface area contributed by atoms with Gasteiger partial charge >= 0.3 is 0 Å². The summed E-state index contributed by atoms with van der Waals surface area (Å²) >= 11 is 0. The van der Waals surface area contributed by atoms with Crippen molar-refractivity contribution in [3.63, 3.8) is 0 Å². The molecule has 9 heteroatoms. The van der Waals surface area contributed by atoms with Gasteiger partial charge in [-0.1, -0.05) is 6.92 Å². The first-order valence-corrected chi connectivity index (χ1v) is 12.4. The molecule has 1 aromatic heterocycles. The van der Waals surface area contributed by atoms with Gasteiger partial charge in [-0.05, 0) is 70.2 Å². The first kappa shape index (κ1) is 25.0. The van der Waals surface area contributed by atoms with E-state index in [2.05, 4.69) is 33.8 Å². The maximum atomic E-state index is 12.4. The first-order chi connectivity index (χ1) is 14.4. The number of anilines is 1. The summed E-state index contributed by atoms with van der Waals surface area (Å²) < 4.78 is 32.8. The van der Waals surface area contributed by atoms with E-state index in [1.165, 1.54) is 6.20 Å². The summed E-state index contributed by atoms with van der Waals surface area (Å²) in [6, 6.07) is 3.53. The van der Waals surface area contributed by atoms with Gasteiger partial charge in [-0.25, -0.2) is 18.1 Å². The summed E-state index contributed by atoms with van der Waals surface area (Å²) in [5.41, 5.74) is 0. The molecule has 1 unspecified atom stereocenters. The van der Waals surface area contributed by atoms with Crippen LogP contribution in [0.25, 0.3) is 0 Å². The number of hydrogen-bond acceptors (Lipinski definition) is 7. The van der Waals surface area contributed by atoms with Gasteiger partial charge in [0.25, 0.3) is 0 Å². The number of ether oxygens (including phenoxy) is 1. The van der Waals surface area contributed by atoms with E-state index in [1.54, 1.807) is 19.2 Å². The van der Waals surface area contributed by atoms with E-state index in [4.69, 9.17) is 9.84 Å². The maximum Gasteiger partial charge on any atom is 0.242 e. The quantitative estimate of drug-likeness (QED) is 0.382. The molecule has 1 heterocycles. The van der Waals surface area contributed by atoms with Crippen LogP contribution in [0.5, 0.6) is 0 Å². The molecular weight excluding hydrogens is 404 g/mol. The smallest absolute Gasteiger partial charge is 0.242 e. The molecule has 0 bridgehead atoms. The molecular formula is C21H38N4O4S. The normalized spacial score (nSPS) is 20.2. The van der Waals surface area contributed by atoms with Crippen molar-refractivity contribution >= 4 is 15.8 Å². The monoisotopic (exact) mass is 442 g/mol. The largest absolute Gasteiger partial charge is 0.395 e. The van der Waals surface area contributed by atoms with Crippen LogP contribution in [-0.4, -0.2) is 75.4 Å². The second-order valence-electron chi connectivity index (χ2n) is 8.11. The Balaban J connectivity index is 1.72. The topological polar surface area (TPSA) is 104 Å². The molecule has 1 aliphatic rings. The number of sulfonamides is 1. The Morgan fingerprint density at radius 1 is 1.33 bits per heavy atom. The van der Waals surface area contributed by atoms with E-state index in [0.29, 0.717) is 30.9 Å². The van der Waals surface area contributed by atoms with Crippen LogP contribution in [0.4, 0.5) is 5.82 Å². The van der Waals surface area contributed by atoms with E-state index < -0.39 is 10.0 Å². The number of likely N-dealkylation sites (N-methyl/N-ethyl adjacent to an activating group) is 1. The molecule has 8 nitrogen and oxygen atoms in total. The number of pyridine rings is 1. The van der Waals surface area contributed by atoms with Crippen LogP contribution in [0.15, 0.2) is 23.2 Å². The van der Waals surface area contributed by atoms with Crippen molar-refractivity contribution < 1.29 is 18.3 Å². The van der Waals surface area contributed by atoms with E-state index in [-0.39, 0.29) is 17.5 Å². The molecule has 30 heavy (non-hydrogen) atoms. The Kier molecular flexibility index (Phi) is 10.5. The second kappa shape index (κ2) is 12.6. The zero-order valence-corrected chi connectivity index (χ0v) is 19.3. The number of hydrogen-bond donors (Lipinski definition) is 3. The van der Waals surface area contributed by atoms with Crippen LogP contribution in [0.2, 0.25) is 0 Å². The van der Waals surface area contributed by atoms with Crippen molar-refractivity contribution in [2.45, 2.75) is 63.0 Å².